The molecule has 0 aliphatic heterocycles. The summed E-state index contributed by atoms with van der Waals surface area (Å²) in [5, 5.41) is 6.10. The van der Waals surface area contributed by atoms with Crippen LogP contribution in [0.1, 0.15) is 36.7 Å². The first-order valence-corrected chi connectivity index (χ1v) is 13.7. The summed E-state index contributed by atoms with van der Waals surface area (Å²) in [6, 6.07) is 1.32. The van der Waals surface area contributed by atoms with Crippen molar-refractivity contribution in [3.63, 3.8) is 0 Å². The number of amides is 4. The maximum absolute atomic E-state index is 13.0. The molecule has 0 saturated heterocycles. The van der Waals surface area contributed by atoms with Gasteiger partial charge in [-0.05, 0) is 24.6 Å². The van der Waals surface area contributed by atoms with Crippen LogP contribution in [0.25, 0.3) is 0 Å². The molecule has 0 heterocycles. The molecule has 0 bridgehead atoms. The van der Waals surface area contributed by atoms with E-state index < -0.39 is 58.0 Å². The predicted molar refractivity (Wildman–Crippen MR) is 147 cm³/mol. The minimum absolute atomic E-state index is 0.0288. The molecule has 3 atom stereocenters. The van der Waals surface area contributed by atoms with Crippen molar-refractivity contribution < 1.29 is 38.3 Å². The van der Waals surface area contributed by atoms with E-state index in [-0.39, 0.29) is 28.6 Å². The molecule has 15 heteroatoms. The van der Waals surface area contributed by atoms with Gasteiger partial charge in [0, 0.05) is 38.0 Å². The van der Waals surface area contributed by atoms with Crippen LogP contribution in [0.15, 0.2) is 18.2 Å². The number of thiol groups is 1. The van der Waals surface area contributed by atoms with Crippen molar-refractivity contribution in [3.05, 3.63) is 29.3 Å². The van der Waals surface area contributed by atoms with Crippen molar-refractivity contribution in [2.24, 2.45) is 5.73 Å². The highest BCUT2D eigenvalue weighted by atomic mass is 32.2. The molecule has 208 valence electrons. The molecular weight excluding hydrogens is 556 g/mol. The Bertz CT molecular complexity index is 1100. The van der Waals surface area contributed by atoms with E-state index in [1.54, 1.807) is 13.0 Å². The van der Waals surface area contributed by atoms with E-state index in [2.05, 4.69) is 28.6 Å². The zero-order valence-corrected chi connectivity index (χ0v) is 23.7. The van der Waals surface area contributed by atoms with Crippen molar-refractivity contribution in [1.29, 1.82) is 0 Å². The lowest BCUT2D eigenvalue weighted by molar-refractivity contribution is -0.138. The third-order valence-electron chi connectivity index (χ3n) is 4.57. The van der Waals surface area contributed by atoms with Gasteiger partial charge in [0.05, 0.1) is 5.56 Å². The molecule has 4 amide bonds. The third kappa shape index (κ3) is 11.6. The van der Waals surface area contributed by atoms with Crippen molar-refractivity contribution in [1.82, 2.24) is 16.0 Å². The van der Waals surface area contributed by atoms with Crippen LogP contribution < -0.4 is 26.4 Å². The van der Waals surface area contributed by atoms with Gasteiger partial charge in [0.15, 0.2) is 0 Å². The van der Waals surface area contributed by atoms with Crippen LogP contribution in [0.3, 0.4) is 0 Å². The van der Waals surface area contributed by atoms with Gasteiger partial charge in [-0.2, -0.15) is 12.6 Å². The quantitative estimate of drug-likeness (QED) is 0.119. The summed E-state index contributed by atoms with van der Waals surface area (Å²) in [6.07, 6.45) is 0. The number of carbonyl (C=O) groups is 7. The Hall–Kier alpha value is -3.04. The first-order valence-electron chi connectivity index (χ1n) is 11.1. The number of hydrogen-bond acceptors (Lipinski definition) is 11. The number of nitrogens with two attached hydrogens (primary N) is 1. The Labute approximate surface area is 233 Å². The minimum Gasteiger partial charge on any atom is -0.424 e. The Kier molecular flexibility index (Phi) is 13.9. The zero-order chi connectivity index (χ0) is 29.0. The number of hydrogen-bond donors (Lipinski definition) is 5. The van der Waals surface area contributed by atoms with Crippen LogP contribution in [0, 0.1) is 6.92 Å². The highest BCUT2D eigenvalue weighted by molar-refractivity contribution is 8.15. The first kappa shape index (κ1) is 33.0. The van der Waals surface area contributed by atoms with Crippen LogP contribution in [-0.2, 0) is 28.8 Å². The number of aryl methyl sites for hydroxylation is 1. The summed E-state index contributed by atoms with van der Waals surface area (Å²) in [4.78, 5) is 84.0. The average Bonchev–Trinajstić information content (AvgIpc) is 2.81. The molecule has 0 radical (unpaired) electrons. The average molecular weight is 587 g/mol. The monoisotopic (exact) mass is 586 g/mol. The van der Waals surface area contributed by atoms with Gasteiger partial charge in [-0.3, -0.25) is 28.8 Å². The molecule has 3 unspecified atom stereocenters. The summed E-state index contributed by atoms with van der Waals surface area (Å²) in [7, 11) is 0. The van der Waals surface area contributed by atoms with E-state index in [0.717, 1.165) is 0 Å². The largest absolute Gasteiger partial charge is 0.424 e. The van der Waals surface area contributed by atoms with Gasteiger partial charge in [0.25, 0.3) is 0 Å². The molecule has 0 aromatic heterocycles. The van der Waals surface area contributed by atoms with Gasteiger partial charge < -0.3 is 26.4 Å². The van der Waals surface area contributed by atoms with Crippen LogP contribution in [-0.4, -0.2) is 75.2 Å². The molecule has 1 rings (SSSR count). The Balaban J connectivity index is 2.99. The van der Waals surface area contributed by atoms with E-state index >= 15 is 0 Å². The van der Waals surface area contributed by atoms with E-state index in [9.17, 15) is 33.6 Å². The normalized spacial score (nSPS) is 12.9. The number of carbonyl (C=O) groups excluding carboxylic acids is 7. The Morgan fingerprint density at radius 2 is 1.39 bits per heavy atom. The van der Waals surface area contributed by atoms with Crippen molar-refractivity contribution >= 4 is 76.0 Å². The van der Waals surface area contributed by atoms with Crippen LogP contribution in [0.4, 0.5) is 0 Å². The fourth-order valence-electron chi connectivity index (χ4n) is 2.84. The topological polar surface area (TPSA) is 191 Å². The van der Waals surface area contributed by atoms with Crippen molar-refractivity contribution in [2.75, 3.05) is 17.3 Å². The van der Waals surface area contributed by atoms with Gasteiger partial charge in [-0.25, -0.2) is 4.79 Å². The van der Waals surface area contributed by atoms with Gasteiger partial charge in [-0.1, -0.05) is 29.6 Å². The lowest BCUT2D eigenvalue weighted by Crippen LogP contribution is -2.46. The molecule has 12 nitrogen and oxygen atoms in total. The lowest BCUT2D eigenvalue weighted by atomic mass is 10.1. The number of primary amides is 1. The second-order valence-corrected chi connectivity index (χ2v) is 10.4. The number of nitrogens with one attached hydrogen (secondary N) is 3. The van der Waals surface area contributed by atoms with Crippen LogP contribution in [0.2, 0.25) is 0 Å². The second-order valence-electron chi connectivity index (χ2n) is 7.99. The third-order valence-corrected chi connectivity index (χ3v) is 6.98. The standard InChI is InChI=1S/C23H30N4O8S3/c1-11-5-6-15(19(7-11)35-21(32)16(8-36)25-12(2)28)22(33)37-10-18(27-14(4)30)23(34)38-9-17(20(24)31)26-13(3)29/h5-7,16-18,36H,8-10H2,1-4H3,(H2,24,31)(H,25,28)(H,26,29)(H,27,30). The number of rotatable bonds is 13. The zero-order valence-electron chi connectivity index (χ0n) is 21.2. The second kappa shape index (κ2) is 16.0. The molecule has 5 N–H and O–H groups in total. The maximum Gasteiger partial charge on any atom is 0.334 e. The molecule has 1 aromatic carbocycles. The summed E-state index contributed by atoms with van der Waals surface area (Å²) in [5.41, 5.74) is 5.98. The molecule has 0 saturated carbocycles. The molecule has 1 aromatic rings. The fraction of sp³-hybridized carbons (Fsp3) is 0.435. The van der Waals surface area contributed by atoms with Crippen LogP contribution >= 0.6 is 36.2 Å². The molecule has 38 heavy (non-hydrogen) atoms. The number of benzene rings is 1. The van der Waals surface area contributed by atoms with E-state index in [0.29, 0.717) is 29.1 Å². The van der Waals surface area contributed by atoms with Crippen molar-refractivity contribution in [3.8, 4) is 5.75 Å². The molecule has 0 aliphatic rings. The van der Waals surface area contributed by atoms with Crippen LogP contribution in [0.5, 0.6) is 5.75 Å². The number of esters is 1. The fourth-order valence-corrected chi connectivity index (χ4v) is 4.99. The first-order chi connectivity index (χ1) is 17.7. The van der Waals surface area contributed by atoms with E-state index in [4.69, 9.17) is 10.5 Å². The Morgan fingerprint density at radius 3 is 1.92 bits per heavy atom. The summed E-state index contributed by atoms with van der Waals surface area (Å²) in [6.45, 7) is 5.36. The molecule has 0 aliphatic carbocycles. The van der Waals surface area contributed by atoms with Gasteiger partial charge >= 0.3 is 5.97 Å². The summed E-state index contributed by atoms with van der Waals surface area (Å²) >= 11 is 5.42. The molecular formula is C23H30N4O8S3. The Morgan fingerprint density at radius 1 is 0.868 bits per heavy atom. The van der Waals surface area contributed by atoms with E-state index in [1.807, 2.05) is 0 Å². The predicted octanol–water partition coefficient (Wildman–Crippen LogP) is -0.0372. The molecule has 0 spiro atoms. The summed E-state index contributed by atoms with van der Waals surface area (Å²) < 4.78 is 5.38. The lowest BCUT2D eigenvalue weighted by Gasteiger charge is -2.18. The minimum atomic E-state index is -1.11. The van der Waals surface area contributed by atoms with Crippen molar-refractivity contribution in [2.45, 2.75) is 45.8 Å². The SMILES string of the molecule is CC(=O)NC(CSC(=O)C(CSC(=O)c1ccc(C)cc1OC(=O)C(CS)NC(C)=O)NC(C)=O)C(N)=O. The molecule has 0 fully saturated rings. The van der Waals surface area contributed by atoms with Gasteiger partial charge in [0.1, 0.15) is 23.9 Å². The number of ether oxygens (including phenoxy) is 1. The smallest absolute Gasteiger partial charge is 0.334 e. The highest BCUT2D eigenvalue weighted by Gasteiger charge is 2.27. The highest BCUT2D eigenvalue weighted by Crippen LogP contribution is 2.26. The summed E-state index contributed by atoms with van der Waals surface area (Å²) in [5.74, 6) is -3.53. The van der Waals surface area contributed by atoms with Gasteiger partial charge in [-0.15, -0.1) is 0 Å². The van der Waals surface area contributed by atoms with Gasteiger partial charge in [0.2, 0.25) is 33.9 Å². The van der Waals surface area contributed by atoms with E-state index in [1.165, 1.54) is 32.9 Å². The maximum atomic E-state index is 13.0. The number of thioether (sulfide) groups is 2.